The van der Waals surface area contributed by atoms with Gasteiger partial charge in [-0.15, -0.1) is 0 Å². The molecule has 3 rings (SSSR count). The van der Waals surface area contributed by atoms with Crippen molar-refractivity contribution in [3.05, 3.63) is 35.4 Å². The van der Waals surface area contributed by atoms with Crippen molar-refractivity contribution in [2.45, 2.75) is 82.5 Å². The first kappa shape index (κ1) is 20.9. The lowest BCUT2D eigenvalue weighted by Crippen LogP contribution is -2.65. The molecule has 4 unspecified atom stereocenters. The van der Waals surface area contributed by atoms with E-state index in [0.29, 0.717) is 6.42 Å². The topological polar surface area (TPSA) is 111 Å². The van der Waals surface area contributed by atoms with Gasteiger partial charge in [0.1, 0.15) is 0 Å². The van der Waals surface area contributed by atoms with Crippen LogP contribution >= 0.6 is 7.82 Å². The van der Waals surface area contributed by atoms with Gasteiger partial charge in [0.15, 0.2) is 5.60 Å². The largest absolute Gasteiger partial charge is 0.481 e. The van der Waals surface area contributed by atoms with E-state index in [0.717, 1.165) is 12.0 Å². The lowest BCUT2D eigenvalue weighted by atomic mass is 9.90. The van der Waals surface area contributed by atoms with E-state index in [-0.39, 0.29) is 6.42 Å². The molecule has 2 bridgehead atoms. The Kier molecular flexibility index (Phi) is 6.43. The molecule has 1 aromatic rings. The van der Waals surface area contributed by atoms with Crippen LogP contribution in [0.3, 0.4) is 0 Å². The number of phosphoric ester groups is 1. The predicted octanol–water partition coefficient (Wildman–Crippen LogP) is 3.37. The van der Waals surface area contributed by atoms with Gasteiger partial charge in [-0.3, -0.25) is 14.8 Å². The number of rotatable bonds is 10. The van der Waals surface area contributed by atoms with Crippen LogP contribution in [0.2, 0.25) is 0 Å². The Bertz CT molecular complexity index is 679. The second-order valence-electron chi connectivity index (χ2n) is 7.51. The standard InChI is InChI=1S/C19H30NO6P/c1-2-3-4-5-6-7-8-15-9-11-16(12-10-15)13-14-18-17(21)24-27(23,25-18)26-19(18,20)22/h9-12,17,21-22H,2-8,13-14,20H2,1H3. The van der Waals surface area contributed by atoms with Crippen molar-refractivity contribution in [1.29, 1.82) is 0 Å². The lowest BCUT2D eigenvalue weighted by Gasteiger charge is -2.36. The highest BCUT2D eigenvalue weighted by molar-refractivity contribution is 7.49. The van der Waals surface area contributed by atoms with Gasteiger partial charge < -0.3 is 10.2 Å². The molecule has 2 saturated heterocycles. The molecule has 0 aliphatic carbocycles. The minimum absolute atomic E-state index is 0.113. The Morgan fingerprint density at radius 3 is 2.22 bits per heavy atom. The summed E-state index contributed by atoms with van der Waals surface area (Å²) in [6.07, 6.45) is 7.68. The fourth-order valence-electron chi connectivity index (χ4n) is 3.66. The number of aliphatic hydroxyl groups is 2. The zero-order chi connectivity index (χ0) is 19.5. The van der Waals surface area contributed by atoms with Crippen LogP contribution in [0.25, 0.3) is 0 Å². The summed E-state index contributed by atoms with van der Waals surface area (Å²) < 4.78 is 26.8. The van der Waals surface area contributed by atoms with Crippen molar-refractivity contribution in [2.75, 3.05) is 0 Å². The summed E-state index contributed by atoms with van der Waals surface area (Å²) in [5.41, 5.74) is 6.19. The summed E-state index contributed by atoms with van der Waals surface area (Å²) in [6.45, 7) is 2.22. The molecule has 27 heavy (non-hydrogen) atoms. The number of hydrogen-bond donors (Lipinski definition) is 3. The van der Waals surface area contributed by atoms with Crippen molar-refractivity contribution < 1.29 is 28.3 Å². The first-order chi connectivity index (χ1) is 12.8. The highest BCUT2D eigenvalue weighted by Crippen LogP contribution is 2.71. The summed E-state index contributed by atoms with van der Waals surface area (Å²) in [5.74, 6) is -2.35. The molecule has 4 atom stereocenters. The van der Waals surface area contributed by atoms with Crippen molar-refractivity contribution in [1.82, 2.24) is 0 Å². The van der Waals surface area contributed by atoms with E-state index in [4.69, 9.17) is 19.3 Å². The Morgan fingerprint density at radius 1 is 1.04 bits per heavy atom. The van der Waals surface area contributed by atoms with Gasteiger partial charge >= 0.3 is 7.82 Å². The fourth-order valence-corrected chi connectivity index (χ4v) is 5.41. The molecule has 7 nitrogen and oxygen atoms in total. The highest BCUT2D eigenvalue weighted by Gasteiger charge is 2.75. The van der Waals surface area contributed by atoms with Gasteiger partial charge in [-0.1, -0.05) is 63.3 Å². The maximum Gasteiger partial charge on any atom is 0.481 e. The summed E-state index contributed by atoms with van der Waals surface area (Å²) in [7, 11) is -4.00. The van der Waals surface area contributed by atoms with Crippen molar-refractivity contribution >= 4 is 7.82 Å². The summed E-state index contributed by atoms with van der Waals surface area (Å²) in [4.78, 5) is 0. The van der Waals surface area contributed by atoms with E-state index in [1.54, 1.807) is 0 Å². The molecule has 2 aliphatic rings. The third-order valence-electron chi connectivity index (χ3n) is 5.39. The van der Waals surface area contributed by atoms with Crippen LogP contribution in [0.15, 0.2) is 24.3 Å². The Labute approximate surface area is 160 Å². The van der Waals surface area contributed by atoms with E-state index in [1.165, 1.54) is 44.1 Å². The minimum atomic E-state index is -4.00. The van der Waals surface area contributed by atoms with Gasteiger partial charge in [0.25, 0.3) is 5.91 Å². The second-order valence-corrected chi connectivity index (χ2v) is 8.98. The monoisotopic (exact) mass is 399 g/mol. The maximum absolute atomic E-state index is 12.0. The minimum Gasteiger partial charge on any atom is -0.365 e. The van der Waals surface area contributed by atoms with Crippen LogP contribution in [0.1, 0.15) is 63.0 Å². The first-order valence-corrected chi connectivity index (χ1v) is 11.2. The molecule has 2 heterocycles. The number of benzene rings is 1. The molecular weight excluding hydrogens is 369 g/mol. The molecule has 0 aromatic heterocycles. The normalized spacial score (nSPS) is 35.0. The quantitative estimate of drug-likeness (QED) is 0.314. The fraction of sp³-hybridized carbons (Fsp3) is 0.684. The smallest absolute Gasteiger partial charge is 0.365 e. The van der Waals surface area contributed by atoms with Crippen molar-refractivity contribution in [3.63, 3.8) is 0 Å². The van der Waals surface area contributed by atoms with Gasteiger partial charge in [-0.05, 0) is 36.8 Å². The Morgan fingerprint density at radius 2 is 1.63 bits per heavy atom. The van der Waals surface area contributed by atoms with Crippen LogP contribution < -0.4 is 5.73 Å². The molecule has 4 N–H and O–H groups in total. The summed E-state index contributed by atoms with van der Waals surface area (Å²) in [6, 6.07) is 8.20. The van der Waals surface area contributed by atoms with Crippen LogP contribution in [-0.2, 0) is 31.0 Å². The zero-order valence-corrected chi connectivity index (χ0v) is 16.7. The Hall–Kier alpha value is -0.790. The lowest BCUT2D eigenvalue weighted by molar-refractivity contribution is -0.275. The third-order valence-corrected chi connectivity index (χ3v) is 6.90. The van der Waals surface area contributed by atoms with Gasteiger partial charge in [0.05, 0.1) is 0 Å². The van der Waals surface area contributed by atoms with Gasteiger partial charge in [-0.2, -0.15) is 0 Å². The second kappa shape index (κ2) is 8.29. The molecule has 152 valence electrons. The van der Waals surface area contributed by atoms with E-state index in [2.05, 4.69) is 19.1 Å². The summed E-state index contributed by atoms with van der Waals surface area (Å²) >= 11 is 0. The number of unbranched alkanes of at least 4 members (excludes halogenated alkanes) is 5. The molecule has 0 amide bonds. The average Bonchev–Trinajstić information content (AvgIpc) is 2.99. The van der Waals surface area contributed by atoms with Crippen LogP contribution in [0, 0.1) is 0 Å². The summed E-state index contributed by atoms with van der Waals surface area (Å²) in [5, 5.41) is 20.2. The van der Waals surface area contributed by atoms with E-state index >= 15 is 0 Å². The molecule has 1 aromatic carbocycles. The number of aliphatic hydroxyl groups excluding tert-OH is 1. The van der Waals surface area contributed by atoms with E-state index in [9.17, 15) is 14.8 Å². The van der Waals surface area contributed by atoms with Crippen LogP contribution in [-0.4, -0.2) is 28.0 Å². The number of hydrogen-bond acceptors (Lipinski definition) is 7. The SMILES string of the molecule is CCCCCCCCc1ccc(CCC23OP(=O)(OC2O)OC3(N)O)cc1. The average molecular weight is 399 g/mol. The molecule has 2 aliphatic heterocycles. The Balaban J connectivity index is 1.50. The molecule has 0 spiro atoms. The number of nitrogens with two attached hydrogens (primary N) is 1. The van der Waals surface area contributed by atoms with Gasteiger partial charge in [0.2, 0.25) is 6.29 Å². The molecule has 8 heteroatoms. The molecule has 0 radical (unpaired) electrons. The molecular formula is C19H30NO6P. The van der Waals surface area contributed by atoms with Crippen molar-refractivity contribution in [2.24, 2.45) is 5.73 Å². The van der Waals surface area contributed by atoms with Crippen LogP contribution in [0.4, 0.5) is 0 Å². The first-order valence-electron chi connectivity index (χ1n) is 9.77. The number of phosphoric acid groups is 1. The van der Waals surface area contributed by atoms with Crippen molar-refractivity contribution in [3.8, 4) is 0 Å². The predicted molar refractivity (Wildman–Crippen MR) is 101 cm³/mol. The number of aryl methyl sites for hydroxylation is 2. The zero-order valence-electron chi connectivity index (χ0n) is 15.8. The molecule has 0 saturated carbocycles. The maximum atomic E-state index is 12.0. The van der Waals surface area contributed by atoms with Gasteiger partial charge in [-0.25, -0.2) is 9.09 Å². The van der Waals surface area contributed by atoms with Crippen LogP contribution in [0.5, 0.6) is 0 Å². The highest BCUT2D eigenvalue weighted by atomic mass is 31.2. The van der Waals surface area contributed by atoms with Gasteiger partial charge in [0, 0.05) is 0 Å². The molecule has 2 fully saturated rings. The third kappa shape index (κ3) is 4.46. The van der Waals surface area contributed by atoms with E-state index < -0.39 is 25.6 Å². The van der Waals surface area contributed by atoms with E-state index in [1.807, 2.05) is 12.1 Å². The number of fused-ring (bicyclic) bond motifs is 2.